The molecular weight excluding hydrogens is 228 g/mol. The molecule has 5 nitrogen and oxygen atoms in total. The SMILES string of the molecule is Cc1nn(C)c(N(C)CC2CCN(C)C2)c1C=O. The highest BCUT2D eigenvalue weighted by molar-refractivity contribution is 5.84. The standard InChI is InChI=1S/C13H22N4O/c1-10-12(9-18)13(17(4)14-10)16(3)8-11-5-6-15(2)7-11/h9,11H,5-8H2,1-4H3. The van der Waals surface area contributed by atoms with Gasteiger partial charge in [0.1, 0.15) is 5.82 Å². The summed E-state index contributed by atoms with van der Waals surface area (Å²) in [5.74, 6) is 1.60. The average molecular weight is 250 g/mol. The van der Waals surface area contributed by atoms with Crippen molar-refractivity contribution in [3.63, 3.8) is 0 Å². The van der Waals surface area contributed by atoms with Crippen molar-refractivity contribution in [2.75, 3.05) is 38.6 Å². The van der Waals surface area contributed by atoms with Crippen molar-refractivity contribution in [1.82, 2.24) is 14.7 Å². The number of hydrogen-bond donors (Lipinski definition) is 0. The van der Waals surface area contributed by atoms with E-state index < -0.39 is 0 Å². The van der Waals surface area contributed by atoms with Crippen LogP contribution < -0.4 is 4.90 Å². The Morgan fingerprint density at radius 3 is 2.78 bits per heavy atom. The minimum atomic E-state index is 0.676. The zero-order valence-corrected chi connectivity index (χ0v) is 11.7. The van der Waals surface area contributed by atoms with E-state index in [-0.39, 0.29) is 0 Å². The summed E-state index contributed by atoms with van der Waals surface area (Å²) in [6.45, 7) is 5.16. The average Bonchev–Trinajstić information content (AvgIpc) is 2.82. The highest BCUT2D eigenvalue weighted by Crippen LogP contribution is 2.23. The van der Waals surface area contributed by atoms with E-state index in [1.165, 1.54) is 13.0 Å². The first kappa shape index (κ1) is 13.1. The molecule has 1 aromatic rings. The van der Waals surface area contributed by atoms with Crippen molar-refractivity contribution in [3.8, 4) is 0 Å². The van der Waals surface area contributed by atoms with Gasteiger partial charge >= 0.3 is 0 Å². The summed E-state index contributed by atoms with van der Waals surface area (Å²) in [4.78, 5) is 15.7. The number of carbonyl (C=O) groups excluding carboxylic acids is 1. The van der Waals surface area contributed by atoms with Crippen LogP contribution in [-0.2, 0) is 7.05 Å². The van der Waals surface area contributed by atoms with Crippen molar-refractivity contribution in [2.45, 2.75) is 13.3 Å². The van der Waals surface area contributed by atoms with Gasteiger partial charge in [-0.05, 0) is 32.9 Å². The number of hydrogen-bond acceptors (Lipinski definition) is 4. The number of carbonyl (C=O) groups is 1. The summed E-state index contributed by atoms with van der Waals surface area (Å²) in [5.41, 5.74) is 1.52. The van der Waals surface area contributed by atoms with E-state index >= 15 is 0 Å². The molecule has 1 aliphatic heterocycles. The van der Waals surface area contributed by atoms with Gasteiger partial charge in [-0.25, -0.2) is 0 Å². The molecule has 0 spiro atoms. The summed E-state index contributed by atoms with van der Waals surface area (Å²) in [7, 11) is 6.10. The van der Waals surface area contributed by atoms with Crippen molar-refractivity contribution in [2.24, 2.45) is 13.0 Å². The Morgan fingerprint density at radius 2 is 2.22 bits per heavy atom. The van der Waals surface area contributed by atoms with Gasteiger partial charge in [0.15, 0.2) is 6.29 Å². The largest absolute Gasteiger partial charge is 0.359 e. The predicted octanol–water partition coefficient (Wildman–Crippen LogP) is 0.929. The summed E-state index contributed by atoms with van der Waals surface area (Å²) < 4.78 is 1.80. The van der Waals surface area contributed by atoms with Crippen LogP contribution >= 0.6 is 0 Å². The maximum Gasteiger partial charge on any atom is 0.155 e. The Labute approximate surface area is 108 Å². The summed E-state index contributed by atoms with van der Waals surface area (Å²) in [6.07, 6.45) is 2.14. The summed E-state index contributed by atoms with van der Waals surface area (Å²) >= 11 is 0. The van der Waals surface area contributed by atoms with Crippen LogP contribution in [0.2, 0.25) is 0 Å². The molecule has 0 bridgehead atoms. The van der Waals surface area contributed by atoms with Crippen molar-refractivity contribution < 1.29 is 4.79 Å². The molecule has 0 amide bonds. The molecule has 0 aromatic carbocycles. The van der Waals surface area contributed by atoms with Gasteiger partial charge in [0, 0.05) is 27.2 Å². The minimum absolute atomic E-state index is 0.676. The topological polar surface area (TPSA) is 41.4 Å². The highest BCUT2D eigenvalue weighted by atomic mass is 16.1. The number of aryl methyl sites for hydroxylation is 2. The fraction of sp³-hybridized carbons (Fsp3) is 0.692. The maximum atomic E-state index is 11.2. The van der Waals surface area contributed by atoms with Crippen LogP contribution in [0.3, 0.4) is 0 Å². The van der Waals surface area contributed by atoms with Crippen LogP contribution in [0.5, 0.6) is 0 Å². The molecule has 18 heavy (non-hydrogen) atoms. The Morgan fingerprint density at radius 1 is 1.50 bits per heavy atom. The zero-order valence-electron chi connectivity index (χ0n) is 11.7. The van der Waals surface area contributed by atoms with Crippen LogP contribution in [0.1, 0.15) is 22.5 Å². The maximum absolute atomic E-state index is 11.2. The van der Waals surface area contributed by atoms with E-state index in [4.69, 9.17) is 0 Å². The fourth-order valence-electron chi connectivity index (χ4n) is 2.90. The normalized spacial score (nSPS) is 20.3. The highest BCUT2D eigenvalue weighted by Gasteiger charge is 2.23. The second-order valence-electron chi connectivity index (χ2n) is 5.36. The molecule has 2 rings (SSSR count). The van der Waals surface area contributed by atoms with E-state index in [2.05, 4.69) is 21.9 Å². The van der Waals surface area contributed by atoms with Gasteiger partial charge < -0.3 is 9.80 Å². The van der Waals surface area contributed by atoms with Crippen molar-refractivity contribution >= 4 is 12.1 Å². The van der Waals surface area contributed by atoms with Crippen LogP contribution in [0.15, 0.2) is 0 Å². The van der Waals surface area contributed by atoms with Gasteiger partial charge in [-0.15, -0.1) is 0 Å². The van der Waals surface area contributed by atoms with Crippen molar-refractivity contribution in [1.29, 1.82) is 0 Å². The van der Waals surface area contributed by atoms with Gasteiger partial charge in [-0.2, -0.15) is 5.10 Å². The molecule has 1 unspecified atom stereocenters. The molecule has 0 aliphatic carbocycles. The molecule has 100 valence electrons. The third kappa shape index (κ3) is 2.41. The first-order chi connectivity index (χ1) is 8.52. The monoisotopic (exact) mass is 250 g/mol. The molecule has 0 N–H and O–H groups in total. The molecule has 1 saturated heterocycles. The molecule has 0 radical (unpaired) electrons. The lowest BCUT2D eigenvalue weighted by atomic mass is 10.1. The Kier molecular flexibility index (Phi) is 3.71. The van der Waals surface area contributed by atoms with E-state index in [0.29, 0.717) is 11.5 Å². The fourth-order valence-corrected chi connectivity index (χ4v) is 2.90. The van der Waals surface area contributed by atoms with Gasteiger partial charge in [0.2, 0.25) is 0 Å². The van der Waals surface area contributed by atoms with Crippen molar-refractivity contribution in [3.05, 3.63) is 11.3 Å². The molecule has 5 heteroatoms. The lowest BCUT2D eigenvalue weighted by Crippen LogP contribution is -2.29. The molecule has 2 heterocycles. The molecule has 1 aromatic heterocycles. The molecular formula is C13H22N4O. The van der Waals surface area contributed by atoms with Gasteiger partial charge in [0.05, 0.1) is 11.3 Å². The quantitative estimate of drug-likeness (QED) is 0.745. The Bertz CT molecular complexity index is 440. The third-order valence-corrected chi connectivity index (χ3v) is 3.74. The van der Waals surface area contributed by atoms with Crippen LogP contribution in [-0.4, -0.2) is 54.7 Å². The van der Waals surface area contributed by atoms with Crippen LogP contribution in [0.4, 0.5) is 5.82 Å². The van der Waals surface area contributed by atoms with Gasteiger partial charge in [0.25, 0.3) is 0 Å². The second kappa shape index (κ2) is 5.10. The summed E-state index contributed by atoms with van der Waals surface area (Å²) in [5, 5.41) is 4.33. The Hall–Kier alpha value is -1.36. The number of anilines is 1. The zero-order chi connectivity index (χ0) is 13.3. The van der Waals surface area contributed by atoms with E-state index in [0.717, 1.165) is 30.9 Å². The second-order valence-corrected chi connectivity index (χ2v) is 5.36. The first-order valence-electron chi connectivity index (χ1n) is 6.41. The van der Waals surface area contributed by atoms with Gasteiger partial charge in [-0.1, -0.05) is 0 Å². The molecule has 0 saturated carbocycles. The molecule has 1 aliphatic rings. The molecule has 1 fully saturated rings. The Balaban J connectivity index is 2.13. The van der Waals surface area contributed by atoms with E-state index in [1.807, 2.05) is 21.0 Å². The van der Waals surface area contributed by atoms with E-state index in [1.54, 1.807) is 4.68 Å². The summed E-state index contributed by atoms with van der Waals surface area (Å²) in [6, 6.07) is 0. The number of nitrogens with zero attached hydrogens (tertiary/aromatic N) is 4. The smallest absolute Gasteiger partial charge is 0.155 e. The predicted molar refractivity (Wildman–Crippen MR) is 72.2 cm³/mol. The number of aromatic nitrogens is 2. The minimum Gasteiger partial charge on any atom is -0.359 e. The number of aldehydes is 1. The number of rotatable bonds is 4. The van der Waals surface area contributed by atoms with Crippen LogP contribution in [0, 0.1) is 12.8 Å². The lowest BCUT2D eigenvalue weighted by molar-refractivity contribution is 0.112. The van der Waals surface area contributed by atoms with E-state index in [9.17, 15) is 4.79 Å². The van der Waals surface area contributed by atoms with Gasteiger partial charge in [-0.3, -0.25) is 9.48 Å². The lowest BCUT2D eigenvalue weighted by Gasteiger charge is -2.23. The molecule has 1 atom stereocenters. The van der Waals surface area contributed by atoms with Crippen LogP contribution in [0.25, 0.3) is 0 Å². The number of likely N-dealkylation sites (tertiary alicyclic amines) is 1. The third-order valence-electron chi connectivity index (χ3n) is 3.74. The first-order valence-corrected chi connectivity index (χ1v) is 6.41.